The van der Waals surface area contributed by atoms with Crippen LogP contribution in [0.3, 0.4) is 0 Å². The van der Waals surface area contributed by atoms with Crippen molar-refractivity contribution in [3.8, 4) is 0 Å². The van der Waals surface area contributed by atoms with Gasteiger partial charge in [0.1, 0.15) is 11.1 Å². The fourth-order valence-corrected chi connectivity index (χ4v) is 3.79. The van der Waals surface area contributed by atoms with Crippen LogP contribution in [0.5, 0.6) is 0 Å². The van der Waals surface area contributed by atoms with Crippen LogP contribution in [0.1, 0.15) is 35.7 Å². The Kier molecular flexibility index (Phi) is 5.32. The molecule has 1 amide bonds. The van der Waals surface area contributed by atoms with Crippen molar-refractivity contribution in [2.24, 2.45) is 0 Å². The predicted molar refractivity (Wildman–Crippen MR) is 99.0 cm³/mol. The minimum atomic E-state index is -0.918. The van der Waals surface area contributed by atoms with Crippen LogP contribution in [0.2, 0.25) is 0 Å². The van der Waals surface area contributed by atoms with E-state index in [1.165, 1.54) is 12.1 Å². The SMILES string of the molecule is CC(Sc1ccccc1C(=O)NCC1(c2ccc(F)cc2)CC1)C(=O)O. The molecule has 2 N–H and O–H groups in total. The molecule has 4 nitrogen and oxygen atoms in total. The van der Waals surface area contributed by atoms with Crippen LogP contribution in [-0.4, -0.2) is 28.8 Å². The highest BCUT2D eigenvalue weighted by molar-refractivity contribution is 8.00. The molecule has 0 heterocycles. The number of carboxylic acid groups (broad SMARTS) is 1. The third kappa shape index (κ3) is 4.07. The van der Waals surface area contributed by atoms with Gasteiger partial charge in [-0.15, -0.1) is 11.8 Å². The minimum absolute atomic E-state index is 0.125. The molecule has 0 aliphatic heterocycles. The van der Waals surface area contributed by atoms with Gasteiger partial charge in [0.15, 0.2) is 0 Å². The lowest BCUT2D eigenvalue weighted by Crippen LogP contribution is -2.32. The number of halogens is 1. The van der Waals surface area contributed by atoms with Gasteiger partial charge in [-0.2, -0.15) is 0 Å². The molecule has 0 bridgehead atoms. The van der Waals surface area contributed by atoms with Gasteiger partial charge in [-0.05, 0) is 49.6 Å². The van der Waals surface area contributed by atoms with Gasteiger partial charge in [0.2, 0.25) is 0 Å². The summed E-state index contributed by atoms with van der Waals surface area (Å²) in [6, 6.07) is 13.4. The van der Waals surface area contributed by atoms with Gasteiger partial charge < -0.3 is 10.4 Å². The lowest BCUT2D eigenvalue weighted by Gasteiger charge is -2.18. The first kappa shape index (κ1) is 18.5. The van der Waals surface area contributed by atoms with E-state index in [-0.39, 0.29) is 17.1 Å². The standard InChI is InChI=1S/C20H20FNO3S/c1-13(19(24)25)26-17-5-3-2-4-16(17)18(23)22-12-20(10-11-20)14-6-8-15(21)9-7-14/h2-9,13H,10-12H2,1H3,(H,22,23)(H,24,25). The molecule has 136 valence electrons. The van der Waals surface area contributed by atoms with Gasteiger partial charge in [0.25, 0.3) is 5.91 Å². The molecule has 6 heteroatoms. The van der Waals surface area contributed by atoms with E-state index in [0.29, 0.717) is 17.0 Å². The van der Waals surface area contributed by atoms with Crippen molar-refractivity contribution < 1.29 is 19.1 Å². The average molecular weight is 373 g/mol. The first-order chi connectivity index (χ1) is 12.4. The molecular formula is C20H20FNO3S. The minimum Gasteiger partial charge on any atom is -0.480 e. The van der Waals surface area contributed by atoms with Gasteiger partial charge in [-0.25, -0.2) is 4.39 Å². The summed E-state index contributed by atoms with van der Waals surface area (Å²) < 4.78 is 13.1. The summed E-state index contributed by atoms with van der Waals surface area (Å²) >= 11 is 1.15. The Bertz CT molecular complexity index is 818. The molecule has 2 aromatic rings. The summed E-state index contributed by atoms with van der Waals surface area (Å²) in [5.41, 5.74) is 1.38. The summed E-state index contributed by atoms with van der Waals surface area (Å²) in [4.78, 5) is 24.4. The van der Waals surface area contributed by atoms with Crippen LogP contribution < -0.4 is 5.32 Å². The van der Waals surface area contributed by atoms with Crippen LogP contribution in [0.4, 0.5) is 4.39 Å². The van der Waals surface area contributed by atoms with E-state index in [1.54, 1.807) is 43.3 Å². The maximum Gasteiger partial charge on any atom is 0.316 e. The lowest BCUT2D eigenvalue weighted by molar-refractivity contribution is -0.136. The largest absolute Gasteiger partial charge is 0.480 e. The number of carboxylic acids is 1. The number of hydrogen-bond donors (Lipinski definition) is 2. The average Bonchev–Trinajstić information content (AvgIpc) is 3.42. The van der Waals surface area contributed by atoms with Crippen LogP contribution in [0.25, 0.3) is 0 Å². The maximum atomic E-state index is 13.1. The highest BCUT2D eigenvalue weighted by Gasteiger charge is 2.44. The molecule has 26 heavy (non-hydrogen) atoms. The molecule has 0 radical (unpaired) electrons. The van der Waals surface area contributed by atoms with Gasteiger partial charge >= 0.3 is 5.97 Å². The second-order valence-corrected chi connectivity index (χ2v) is 7.95. The number of benzene rings is 2. The fourth-order valence-electron chi connectivity index (χ4n) is 2.86. The molecule has 3 rings (SSSR count). The van der Waals surface area contributed by atoms with E-state index >= 15 is 0 Å². The Morgan fingerprint density at radius 2 is 1.85 bits per heavy atom. The summed E-state index contributed by atoms with van der Waals surface area (Å²) in [5.74, 6) is -1.41. The summed E-state index contributed by atoms with van der Waals surface area (Å²) in [5, 5.41) is 11.4. The van der Waals surface area contributed by atoms with E-state index in [4.69, 9.17) is 5.11 Å². The van der Waals surface area contributed by atoms with Crippen LogP contribution >= 0.6 is 11.8 Å². The second kappa shape index (κ2) is 7.50. The Hall–Kier alpha value is -2.34. The molecular weight excluding hydrogens is 353 g/mol. The second-order valence-electron chi connectivity index (χ2n) is 6.56. The third-order valence-electron chi connectivity index (χ3n) is 4.68. The zero-order valence-corrected chi connectivity index (χ0v) is 15.2. The normalized spacial score (nSPS) is 15.9. The molecule has 0 spiro atoms. The smallest absolute Gasteiger partial charge is 0.316 e. The van der Waals surface area contributed by atoms with Gasteiger partial charge in [0.05, 0.1) is 5.56 Å². The van der Waals surface area contributed by atoms with Crippen molar-refractivity contribution in [2.45, 2.75) is 35.3 Å². The van der Waals surface area contributed by atoms with Crippen molar-refractivity contribution in [2.75, 3.05) is 6.54 Å². The molecule has 1 atom stereocenters. The Labute approximate surface area is 155 Å². The first-order valence-electron chi connectivity index (χ1n) is 8.44. The zero-order chi connectivity index (χ0) is 18.7. The number of thioether (sulfide) groups is 1. The molecule has 2 aromatic carbocycles. The predicted octanol–water partition coefficient (Wildman–Crippen LogP) is 3.85. The van der Waals surface area contributed by atoms with Gasteiger partial charge in [-0.1, -0.05) is 24.3 Å². The molecule has 0 aromatic heterocycles. The van der Waals surface area contributed by atoms with Crippen LogP contribution in [-0.2, 0) is 10.2 Å². The number of amides is 1. The highest BCUT2D eigenvalue weighted by atomic mass is 32.2. The van der Waals surface area contributed by atoms with Crippen molar-refractivity contribution in [1.82, 2.24) is 5.32 Å². The van der Waals surface area contributed by atoms with E-state index < -0.39 is 11.2 Å². The monoisotopic (exact) mass is 373 g/mol. The quantitative estimate of drug-likeness (QED) is 0.724. The summed E-state index contributed by atoms with van der Waals surface area (Å²) in [7, 11) is 0. The Morgan fingerprint density at radius 1 is 1.19 bits per heavy atom. The topological polar surface area (TPSA) is 66.4 Å². The Balaban J connectivity index is 1.69. The Morgan fingerprint density at radius 3 is 2.46 bits per heavy atom. The van der Waals surface area contributed by atoms with E-state index in [1.807, 2.05) is 0 Å². The number of carbonyl (C=O) groups is 2. The fraction of sp³-hybridized carbons (Fsp3) is 0.300. The van der Waals surface area contributed by atoms with Gasteiger partial charge in [0, 0.05) is 16.9 Å². The maximum absolute atomic E-state index is 13.1. The number of rotatable bonds is 7. The summed E-state index contributed by atoms with van der Waals surface area (Å²) in [6.07, 6.45) is 1.90. The molecule has 1 aliphatic carbocycles. The van der Waals surface area contributed by atoms with Crippen LogP contribution in [0.15, 0.2) is 53.4 Å². The molecule has 1 unspecified atom stereocenters. The van der Waals surface area contributed by atoms with E-state index in [9.17, 15) is 14.0 Å². The number of nitrogens with one attached hydrogen (secondary N) is 1. The third-order valence-corrected chi connectivity index (χ3v) is 5.85. The van der Waals surface area contributed by atoms with Gasteiger partial charge in [-0.3, -0.25) is 9.59 Å². The zero-order valence-electron chi connectivity index (χ0n) is 14.4. The van der Waals surface area contributed by atoms with Crippen LogP contribution in [0, 0.1) is 5.82 Å². The lowest BCUT2D eigenvalue weighted by atomic mass is 9.96. The number of hydrogen-bond acceptors (Lipinski definition) is 3. The first-order valence-corrected chi connectivity index (χ1v) is 9.32. The number of carbonyl (C=O) groups excluding carboxylic acids is 1. The van der Waals surface area contributed by atoms with Crippen molar-refractivity contribution >= 4 is 23.6 Å². The van der Waals surface area contributed by atoms with Crippen molar-refractivity contribution in [3.63, 3.8) is 0 Å². The molecule has 1 aliphatic rings. The molecule has 1 fully saturated rings. The molecule has 0 saturated heterocycles. The number of aliphatic carboxylic acids is 1. The van der Waals surface area contributed by atoms with Crippen molar-refractivity contribution in [1.29, 1.82) is 0 Å². The summed E-state index contributed by atoms with van der Waals surface area (Å²) in [6.45, 7) is 2.07. The van der Waals surface area contributed by atoms with Crippen molar-refractivity contribution in [3.05, 3.63) is 65.5 Å². The van der Waals surface area contributed by atoms with E-state index in [0.717, 1.165) is 30.2 Å². The highest BCUT2D eigenvalue weighted by Crippen LogP contribution is 2.47. The van der Waals surface area contributed by atoms with E-state index in [2.05, 4.69) is 5.32 Å². The molecule has 1 saturated carbocycles.